The zero-order valence-corrected chi connectivity index (χ0v) is 12.3. The quantitative estimate of drug-likeness (QED) is 0.844. The van der Waals surface area contributed by atoms with Crippen LogP contribution in [0.4, 0.5) is 4.39 Å². The highest BCUT2D eigenvalue weighted by atomic mass is 19.1. The van der Waals surface area contributed by atoms with Gasteiger partial charge in [0.2, 0.25) is 0 Å². The second-order valence-corrected chi connectivity index (χ2v) is 5.91. The fraction of sp³-hybridized carbons (Fsp3) is 0.211. The van der Waals surface area contributed by atoms with Crippen LogP contribution in [0.25, 0.3) is 0 Å². The highest BCUT2D eigenvalue weighted by Gasteiger charge is 2.40. The van der Waals surface area contributed by atoms with Gasteiger partial charge in [-0.25, -0.2) is 4.39 Å². The number of Topliss-reactive ketones (excluding diaryl/α,β-unsaturated/α-hetero) is 1. The molecule has 0 radical (unpaired) electrons. The number of aliphatic hydroxyl groups excluding tert-OH is 1. The number of para-hydroxylation sites is 1. The van der Waals surface area contributed by atoms with Gasteiger partial charge in [0.25, 0.3) is 0 Å². The Balaban J connectivity index is 1.94. The maximum absolute atomic E-state index is 13.8. The van der Waals surface area contributed by atoms with E-state index in [9.17, 15) is 14.3 Å². The molecule has 2 aromatic carbocycles. The molecule has 1 aliphatic carbocycles. The van der Waals surface area contributed by atoms with Crippen LogP contribution in [0.1, 0.15) is 29.9 Å². The first-order valence-electron chi connectivity index (χ1n) is 7.63. The summed E-state index contributed by atoms with van der Waals surface area (Å²) in [4.78, 5) is 12.5. The average Bonchev–Trinajstić information content (AvgIpc) is 2.54. The second kappa shape index (κ2) is 5.23. The van der Waals surface area contributed by atoms with E-state index in [1.54, 1.807) is 12.1 Å². The largest absolute Gasteiger partial charge is 0.512 e. The smallest absolute Gasteiger partial charge is 0.144 e. The van der Waals surface area contributed by atoms with Crippen LogP contribution in [0.2, 0.25) is 0 Å². The highest BCUT2D eigenvalue weighted by molar-refractivity contribution is 5.86. The summed E-state index contributed by atoms with van der Waals surface area (Å²) < 4.78 is 19.6. The molecule has 2 aliphatic rings. The van der Waals surface area contributed by atoms with Gasteiger partial charge in [0.05, 0.1) is 11.7 Å². The molecule has 1 aliphatic heterocycles. The van der Waals surface area contributed by atoms with E-state index in [1.807, 2.05) is 24.3 Å². The van der Waals surface area contributed by atoms with Gasteiger partial charge in [0.1, 0.15) is 23.1 Å². The van der Waals surface area contributed by atoms with E-state index in [4.69, 9.17) is 4.74 Å². The Morgan fingerprint density at radius 2 is 1.83 bits per heavy atom. The predicted octanol–water partition coefficient (Wildman–Crippen LogP) is 4.48. The summed E-state index contributed by atoms with van der Waals surface area (Å²) in [5.41, 5.74) is 1.40. The Kier molecular flexibility index (Phi) is 3.18. The van der Waals surface area contributed by atoms with Crippen LogP contribution in [0, 0.1) is 11.7 Å². The molecule has 0 spiro atoms. The van der Waals surface area contributed by atoms with E-state index in [0.717, 1.165) is 5.56 Å². The van der Waals surface area contributed by atoms with Crippen molar-refractivity contribution in [2.45, 2.75) is 18.8 Å². The molecule has 2 unspecified atom stereocenters. The van der Waals surface area contributed by atoms with Gasteiger partial charge in [-0.1, -0.05) is 18.2 Å². The van der Waals surface area contributed by atoms with Crippen molar-refractivity contribution in [1.29, 1.82) is 0 Å². The zero-order chi connectivity index (χ0) is 16.0. The van der Waals surface area contributed by atoms with Gasteiger partial charge in [0.15, 0.2) is 0 Å². The van der Waals surface area contributed by atoms with Crippen molar-refractivity contribution in [2.75, 3.05) is 0 Å². The third kappa shape index (κ3) is 2.22. The Morgan fingerprint density at radius 3 is 2.65 bits per heavy atom. The summed E-state index contributed by atoms with van der Waals surface area (Å²) >= 11 is 0. The lowest BCUT2D eigenvalue weighted by Gasteiger charge is -2.34. The number of allylic oxidation sites excluding steroid dienone is 2. The summed E-state index contributed by atoms with van der Waals surface area (Å²) in [5.74, 6) is -0.295. The third-order valence-corrected chi connectivity index (χ3v) is 4.52. The molecule has 0 bridgehead atoms. The van der Waals surface area contributed by atoms with Crippen molar-refractivity contribution in [1.82, 2.24) is 0 Å². The zero-order valence-electron chi connectivity index (χ0n) is 12.3. The van der Waals surface area contributed by atoms with Gasteiger partial charge in [-0.05, 0) is 36.8 Å². The normalized spacial score (nSPS) is 22.7. The van der Waals surface area contributed by atoms with Crippen molar-refractivity contribution in [3.8, 4) is 11.5 Å². The van der Waals surface area contributed by atoms with Crippen molar-refractivity contribution >= 4 is 5.78 Å². The second-order valence-electron chi connectivity index (χ2n) is 5.91. The molecule has 23 heavy (non-hydrogen) atoms. The number of ketones is 1. The molecular weight excluding hydrogens is 295 g/mol. The average molecular weight is 310 g/mol. The molecule has 4 rings (SSSR count). The number of aliphatic hydroxyl groups is 1. The van der Waals surface area contributed by atoms with Crippen LogP contribution in [0.15, 0.2) is 54.3 Å². The third-order valence-electron chi connectivity index (χ3n) is 4.52. The molecule has 2 atom stereocenters. The fourth-order valence-corrected chi connectivity index (χ4v) is 3.50. The van der Waals surface area contributed by atoms with Crippen LogP contribution in [-0.2, 0) is 4.79 Å². The van der Waals surface area contributed by atoms with E-state index in [2.05, 4.69) is 0 Å². The minimum Gasteiger partial charge on any atom is -0.512 e. The van der Waals surface area contributed by atoms with Crippen molar-refractivity contribution in [3.05, 3.63) is 71.2 Å². The van der Waals surface area contributed by atoms with Gasteiger partial charge < -0.3 is 9.84 Å². The van der Waals surface area contributed by atoms with Gasteiger partial charge >= 0.3 is 0 Å². The van der Waals surface area contributed by atoms with Crippen molar-refractivity contribution in [2.24, 2.45) is 5.92 Å². The standard InChI is InChI=1S/C19H15FO3/c20-11-8-9-17-13(10-11)18(12-4-1-2-7-16(12)23-17)19-14(21)5-3-6-15(19)22/h1-2,4-5,7-10,18-19,21H,3,6H2. The maximum atomic E-state index is 13.8. The molecule has 0 amide bonds. The molecule has 0 saturated carbocycles. The number of ether oxygens (including phenoxy) is 1. The first kappa shape index (κ1) is 14.0. The first-order valence-corrected chi connectivity index (χ1v) is 7.63. The Bertz CT molecular complexity index is 825. The monoisotopic (exact) mass is 310 g/mol. The Labute approximate surface area is 133 Å². The summed E-state index contributed by atoms with van der Waals surface area (Å²) in [6, 6.07) is 11.7. The maximum Gasteiger partial charge on any atom is 0.144 e. The molecule has 1 heterocycles. The van der Waals surface area contributed by atoms with Crippen LogP contribution < -0.4 is 4.74 Å². The van der Waals surface area contributed by atoms with Gasteiger partial charge in [-0.3, -0.25) is 4.79 Å². The van der Waals surface area contributed by atoms with Crippen LogP contribution in [0.3, 0.4) is 0 Å². The molecule has 116 valence electrons. The fourth-order valence-electron chi connectivity index (χ4n) is 3.50. The van der Waals surface area contributed by atoms with Gasteiger partial charge in [-0.2, -0.15) is 0 Å². The predicted molar refractivity (Wildman–Crippen MR) is 83.2 cm³/mol. The topological polar surface area (TPSA) is 46.5 Å². The van der Waals surface area contributed by atoms with Crippen molar-refractivity contribution < 1.29 is 19.0 Å². The molecular formula is C19H15FO3. The number of halogens is 1. The molecule has 3 nitrogen and oxygen atoms in total. The Hall–Kier alpha value is -2.62. The van der Waals surface area contributed by atoms with Gasteiger partial charge in [0, 0.05) is 23.5 Å². The Morgan fingerprint density at radius 1 is 1.04 bits per heavy atom. The molecule has 0 fully saturated rings. The van der Waals surface area contributed by atoms with Gasteiger partial charge in [-0.15, -0.1) is 0 Å². The summed E-state index contributed by atoms with van der Waals surface area (Å²) in [7, 11) is 0. The number of carbonyl (C=O) groups is 1. The lowest BCUT2D eigenvalue weighted by atomic mass is 9.73. The highest BCUT2D eigenvalue weighted by Crippen LogP contribution is 2.50. The molecule has 1 N–H and O–H groups in total. The number of hydrogen-bond donors (Lipinski definition) is 1. The minimum atomic E-state index is -0.686. The molecule has 0 saturated heterocycles. The lowest BCUT2D eigenvalue weighted by molar-refractivity contribution is -0.123. The lowest BCUT2D eigenvalue weighted by Crippen LogP contribution is -2.29. The van der Waals surface area contributed by atoms with E-state index < -0.39 is 11.8 Å². The van der Waals surface area contributed by atoms with E-state index in [0.29, 0.717) is 29.9 Å². The van der Waals surface area contributed by atoms with Crippen LogP contribution in [-0.4, -0.2) is 10.9 Å². The molecule has 2 aromatic rings. The summed E-state index contributed by atoms with van der Waals surface area (Å²) in [6.07, 6.45) is 2.62. The summed E-state index contributed by atoms with van der Waals surface area (Å²) in [5, 5.41) is 10.3. The molecule has 0 aromatic heterocycles. The first-order chi connectivity index (χ1) is 11.1. The number of fused-ring (bicyclic) bond motifs is 2. The number of carbonyl (C=O) groups excluding carboxylic acids is 1. The van der Waals surface area contributed by atoms with E-state index in [1.165, 1.54) is 12.1 Å². The summed E-state index contributed by atoms with van der Waals surface area (Å²) in [6.45, 7) is 0. The van der Waals surface area contributed by atoms with Crippen LogP contribution >= 0.6 is 0 Å². The number of benzene rings is 2. The van der Waals surface area contributed by atoms with Crippen molar-refractivity contribution in [3.63, 3.8) is 0 Å². The number of hydrogen-bond acceptors (Lipinski definition) is 3. The molecule has 4 heteroatoms. The minimum absolute atomic E-state index is 0.0260. The van der Waals surface area contributed by atoms with Crippen LogP contribution in [0.5, 0.6) is 11.5 Å². The van der Waals surface area contributed by atoms with E-state index >= 15 is 0 Å². The number of rotatable bonds is 1. The van der Waals surface area contributed by atoms with E-state index in [-0.39, 0.29) is 17.4 Å². The SMILES string of the molecule is O=C1CCC=C(O)C1C1c2ccccc2Oc2ccc(F)cc21.